The van der Waals surface area contributed by atoms with Crippen molar-refractivity contribution >= 4 is 0 Å². The summed E-state index contributed by atoms with van der Waals surface area (Å²) in [6, 6.07) is 0.730. The maximum Gasteiger partial charge on any atom is 0.0302 e. The van der Waals surface area contributed by atoms with Crippen molar-refractivity contribution < 1.29 is 0 Å². The Bertz CT molecular complexity index is 148. The number of nitrogens with one attached hydrogen (secondary N) is 1. The molecule has 1 heterocycles. The Kier molecular flexibility index (Phi) is 4.08. The monoisotopic (exact) mass is 151 g/mol. The van der Waals surface area contributed by atoms with Crippen LogP contribution in [-0.4, -0.2) is 12.6 Å². The molecule has 1 fully saturated rings. The van der Waals surface area contributed by atoms with E-state index in [-0.39, 0.29) is 0 Å². The van der Waals surface area contributed by atoms with Gasteiger partial charge in [0, 0.05) is 25.4 Å². The lowest BCUT2D eigenvalue weighted by Crippen LogP contribution is -1.85. The SMILES string of the molecule is CCCCCC#CCC1CN1. The first-order chi connectivity index (χ1) is 5.43. The quantitative estimate of drug-likeness (QED) is 0.370. The first kappa shape index (κ1) is 8.62. The van der Waals surface area contributed by atoms with Gasteiger partial charge in [0.1, 0.15) is 0 Å². The van der Waals surface area contributed by atoms with E-state index in [1.165, 1.54) is 25.8 Å². The third-order valence-corrected chi connectivity index (χ3v) is 1.87. The van der Waals surface area contributed by atoms with Crippen molar-refractivity contribution in [2.75, 3.05) is 6.54 Å². The second-order valence-electron chi connectivity index (χ2n) is 3.12. The van der Waals surface area contributed by atoms with Crippen LogP contribution in [0.4, 0.5) is 0 Å². The van der Waals surface area contributed by atoms with Crippen LogP contribution in [0.3, 0.4) is 0 Å². The van der Waals surface area contributed by atoms with Gasteiger partial charge in [-0.05, 0) is 6.42 Å². The summed E-state index contributed by atoms with van der Waals surface area (Å²) in [7, 11) is 0. The van der Waals surface area contributed by atoms with E-state index in [1.807, 2.05) is 0 Å². The van der Waals surface area contributed by atoms with E-state index in [9.17, 15) is 0 Å². The van der Waals surface area contributed by atoms with Crippen LogP contribution < -0.4 is 5.32 Å². The molecule has 1 aliphatic rings. The van der Waals surface area contributed by atoms with Gasteiger partial charge in [-0.3, -0.25) is 0 Å². The summed E-state index contributed by atoms with van der Waals surface area (Å²) in [6.45, 7) is 3.41. The van der Waals surface area contributed by atoms with E-state index in [2.05, 4.69) is 24.1 Å². The van der Waals surface area contributed by atoms with Crippen LogP contribution in [-0.2, 0) is 0 Å². The molecule has 0 bridgehead atoms. The van der Waals surface area contributed by atoms with Crippen molar-refractivity contribution in [3.05, 3.63) is 0 Å². The molecular weight excluding hydrogens is 134 g/mol. The summed E-state index contributed by atoms with van der Waals surface area (Å²) < 4.78 is 0. The third kappa shape index (κ3) is 4.86. The molecule has 62 valence electrons. The van der Waals surface area contributed by atoms with Gasteiger partial charge in [0.25, 0.3) is 0 Å². The number of hydrogen-bond acceptors (Lipinski definition) is 1. The molecule has 1 atom stereocenters. The maximum absolute atomic E-state index is 3.23. The van der Waals surface area contributed by atoms with Crippen LogP contribution in [0.5, 0.6) is 0 Å². The van der Waals surface area contributed by atoms with E-state index in [4.69, 9.17) is 0 Å². The van der Waals surface area contributed by atoms with Gasteiger partial charge in [-0.2, -0.15) is 0 Å². The van der Waals surface area contributed by atoms with Crippen molar-refractivity contribution in [2.45, 2.75) is 45.1 Å². The highest BCUT2D eigenvalue weighted by Gasteiger charge is 2.17. The van der Waals surface area contributed by atoms with Gasteiger partial charge in [-0.1, -0.05) is 19.8 Å². The largest absolute Gasteiger partial charge is 0.310 e. The molecule has 1 unspecified atom stereocenters. The normalized spacial score (nSPS) is 20.6. The molecule has 1 N–H and O–H groups in total. The first-order valence-electron chi connectivity index (χ1n) is 4.62. The van der Waals surface area contributed by atoms with Gasteiger partial charge in [-0.25, -0.2) is 0 Å². The van der Waals surface area contributed by atoms with E-state index >= 15 is 0 Å². The average Bonchev–Trinajstić information content (AvgIpc) is 2.80. The Morgan fingerprint density at radius 2 is 2.18 bits per heavy atom. The van der Waals surface area contributed by atoms with Crippen molar-refractivity contribution in [1.29, 1.82) is 0 Å². The zero-order valence-electron chi connectivity index (χ0n) is 7.32. The molecular formula is C10H17N. The zero-order chi connectivity index (χ0) is 7.94. The van der Waals surface area contributed by atoms with Gasteiger partial charge in [0.05, 0.1) is 0 Å². The summed E-state index contributed by atoms with van der Waals surface area (Å²) in [5.74, 6) is 6.40. The van der Waals surface area contributed by atoms with Gasteiger partial charge in [0.15, 0.2) is 0 Å². The van der Waals surface area contributed by atoms with Crippen LogP contribution in [0, 0.1) is 11.8 Å². The summed E-state index contributed by atoms with van der Waals surface area (Å²) >= 11 is 0. The Morgan fingerprint density at radius 1 is 1.36 bits per heavy atom. The molecule has 0 aromatic rings. The fourth-order valence-corrected chi connectivity index (χ4v) is 0.975. The third-order valence-electron chi connectivity index (χ3n) is 1.87. The van der Waals surface area contributed by atoms with Gasteiger partial charge >= 0.3 is 0 Å². The Balaban J connectivity index is 1.85. The minimum absolute atomic E-state index is 0.730. The highest BCUT2D eigenvalue weighted by atomic mass is 15.1. The van der Waals surface area contributed by atoms with Crippen molar-refractivity contribution in [2.24, 2.45) is 0 Å². The minimum Gasteiger partial charge on any atom is -0.310 e. The van der Waals surface area contributed by atoms with Gasteiger partial charge in [-0.15, -0.1) is 11.8 Å². The summed E-state index contributed by atoms with van der Waals surface area (Å²) in [5, 5.41) is 3.23. The van der Waals surface area contributed by atoms with Crippen molar-refractivity contribution in [3.8, 4) is 11.8 Å². The molecule has 0 aromatic heterocycles. The van der Waals surface area contributed by atoms with Crippen LogP contribution in [0.15, 0.2) is 0 Å². The molecule has 11 heavy (non-hydrogen) atoms. The van der Waals surface area contributed by atoms with Crippen molar-refractivity contribution in [1.82, 2.24) is 5.32 Å². The van der Waals surface area contributed by atoms with Crippen LogP contribution in [0.1, 0.15) is 39.0 Å². The topological polar surface area (TPSA) is 21.9 Å². The molecule has 0 amide bonds. The molecule has 0 spiro atoms. The first-order valence-corrected chi connectivity index (χ1v) is 4.62. The fourth-order valence-electron chi connectivity index (χ4n) is 0.975. The lowest BCUT2D eigenvalue weighted by molar-refractivity contribution is 0.737. The molecule has 0 aromatic carbocycles. The predicted molar refractivity (Wildman–Crippen MR) is 48.3 cm³/mol. The standard InChI is InChI=1S/C10H17N/c1-2-3-4-5-6-7-8-10-9-11-10/h10-11H,2-5,8-9H2,1H3. The number of rotatable bonds is 4. The molecule has 0 radical (unpaired) electrons. The highest BCUT2D eigenvalue weighted by molar-refractivity contribution is 5.04. The molecule has 1 heteroatoms. The second kappa shape index (κ2) is 5.21. The van der Waals surface area contributed by atoms with E-state index in [0.29, 0.717) is 0 Å². The predicted octanol–water partition coefficient (Wildman–Crippen LogP) is 1.93. The summed E-state index contributed by atoms with van der Waals surface area (Å²) in [5.41, 5.74) is 0. The van der Waals surface area contributed by atoms with Gasteiger partial charge < -0.3 is 5.32 Å². The van der Waals surface area contributed by atoms with Gasteiger partial charge in [0.2, 0.25) is 0 Å². The average molecular weight is 151 g/mol. The smallest absolute Gasteiger partial charge is 0.0302 e. The zero-order valence-corrected chi connectivity index (χ0v) is 7.32. The van der Waals surface area contributed by atoms with Crippen LogP contribution in [0.25, 0.3) is 0 Å². The maximum atomic E-state index is 3.23. The Morgan fingerprint density at radius 3 is 2.82 bits per heavy atom. The molecule has 0 aliphatic carbocycles. The molecule has 1 saturated heterocycles. The van der Waals surface area contributed by atoms with E-state index in [0.717, 1.165) is 18.9 Å². The van der Waals surface area contributed by atoms with Crippen LogP contribution >= 0.6 is 0 Å². The van der Waals surface area contributed by atoms with Crippen molar-refractivity contribution in [3.63, 3.8) is 0 Å². The molecule has 1 rings (SSSR count). The molecule has 0 saturated carbocycles. The Labute approximate surface area is 69.6 Å². The van der Waals surface area contributed by atoms with E-state index < -0.39 is 0 Å². The molecule has 1 nitrogen and oxygen atoms in total. The summed E-state index contributed by atoms with van der Waals surface area (Å²) in [6.07, 6.45) is 6.07. The lowest BCUT2D eigenvalue weighted by atomic mass is 10.2. The lowest BCUT2D eigenvalue weighted by Gasteiger charge is -1.88. The van der Waals surface area contributed by atoms with E-state index in [1.54, 1.807) is 0 Å². The second-order valence-corrected chi connectivity index (χ2v) is 3.12. The molecule has 1 aliphatic heterocycles. The van der Waals surface area contributed by atoms with Crippen LogP contribution in [0.2, 0.25) is 0 Å². The minimum atomic E-state index is 0.730. The number of unbranched alkanes of at least 4 members (excludes halogenated alkanes) is 3. The highest BCUT2D eigenvalue weighted by Crippen LogP contribution is 2.01. The Hall–Kier alpha value is -0.480. The fraction of sp³-hybridized carbons (Fsp3) is 0.800. The number of hydrogen-bond donors (Lipinski definition) is 1. The summed E-state index contributed by atoms with van der Waals surface area (Å²) in [4.78, 5) is 0.